The molecule has 6 nitrogen and oxygen atoms in total. The number of carbonyl (C=O) groups excluding carboxylic acids is 1. The van der Waals surface area contributed by atoms with Gasteiger partial charge in [0.05, 0.1) is 6.61 Å². The van der Waals surface area contributed by atoms with Crippen LogP contribution in [0.5, 0.6) is 5.75 Å². The summed E-state index contributed by atoms with van der Waals surface area (Å²) in [5.41, 5.74) is 0. The Morgan fingerprint density at radius 3 is 2.75 bits per heavy atom. The summed E-state index contributed by atoms with van der Waals surface area (Å²) in [5, 5.41) is 2.48. The first kappa shape index (κ1) is 16.7. The van der Waals surface area contributed by atoms with E-state index in [9.17, 15) is 17.6 Å². The van der Waals surface area contributed by atoms with Crippen LogP contribution in [0.1, 0.15) is 0 Å². The van der Waals surface area contributed by atoms with Crippen LogP contribution in [0.4, 0.5) is 4.39 Å². The number of halogens is 2. The second-order valence-corrected chi connectivity index (χ2v) is 6.19. The topological polar surface area (TPSA) is 81.7 Å². The molecule has 0 radical (unpaired) electrons. The van der Waals surface area contributed by atoms with Gasteiger partial charge in [-0.05, 0) is 18.2 Å². The van der Waals surface area contributed by atoms with Gasteiger partial charge in [-0.25, -0.2) is 12.8 Å². The molecule has 9 heteroatoms. The second-order valence-electron chi connectivity index (χ2n) is 3.66. The lowest BCUT2D eigenvalue weighted by Gasteiger charge is -2.10. The van der Waals surface area contributed by atoms with Crippen molar-refractivity contribution < 1.29 is 27.1 Å². The molecule has 0 fully saturated rings. The van der Waals surface area contributed by atoms with E-state index in [0.717, 1.165) is 18.2 Å². The molecule has 112 valence electrons. The minimum atomic E-state index is -4.17. The van der Waals surface area contributed by atoms with Gasteiger partial charge >= 0.3 is 0 Å². The molecule has 0 aliphatic rings. The Bertz CT molecular complexity index is 578. The molecule has 0 bridgehead atoms. The standard InChI is InChI=1S/C11H13ClFNO5S/c1-18-5-4-14-11(15)7-19-9-3-2-8(13)6-10(9)20(12,16)17/h2-3,6H,4-5,7H2,1H3,(H,14,15). The fourth-order valence-corrected chi connectivity index (χ4v) is 2.26. The number of amides is 1. The zero-order chi connectivity index (χ0) is 15.2. The van der Waals surface area contributed by atoms with E-state index in [2.05, 4.69) is 5.32 Å². The van der Waals surface area contributed by atoms with Crippen molar-refractivity contribution in [3.63, 3.8) is 0 Å². The van der Waals surface area contributed by atoms with E-state index >= 15 is 0 Å². The molecule has 1 N–H and O–H groups in total. The van der Waals surface area contributed by atoms with Gasteiger partial charge in [-0.15, -0.1) is 0 Å². The smallest absolute Gasteiger partial charge is 0.265 e. The third-order valence-corrected chi connectivity index (χ3v) is 3.50. The summed E-state index contributed by atoms with van der Waals surface area (Å²) in [4.78, 5) is 10.8. The highest BCUT2D eigenvalue weighted by molar-refractivity contribution is 8.13. The predicted octanol–water partition coefficient (Wildman–Crippen LogP) is 0.895. The van der Waals surface area contributed by atoms with Crippen LogP contribution < -0.4 is 10.1 Å². The monoisotopic (exact) mass is 325 g/mol. The first-order valence-corrected chi connectivity index (χ1v) is 7.78. The Kier molecular flexibility index (Phi) is 6.18. The predicted molar refractivity (Wildman–Crippen MR) is 69.8 cm³/mol. The minimum absolute atomic E-state index is 0.191. The van der Waals surface area contributed by atoms with E-state index in [0.29, 0.717) is 13.2 Å². The molecule has 0 atom stereocenters. The number of benzene rings is 1. The van der Waals surface area contributed by atoms with Crippen molar-refractivity contribution in [3.05, 3.63) is 24.0 Å². The summed E-state index contributed by atoms with van der Waals surface area (Å²) in [6, 6.07) is 2.82. The second kappa shape index (κ2) is 7.41. The molecular formula is C11H13ClFNO5S. The molecule has 1 amide bonds. The van der Waals surface area contributed by atoms with E-state index in [-0.39, 0.29) is 5.75 Å². The van der Waals surface area contributed by atoms with Crippen LogP contribution in [0, 0.1) is 5.82 Å². The lowest BCUT2D eigenvalue weighted by atomic mass is 10.3. The fourth-order valence-electron chi connectivity index (χ4n) is 1.28. The summed E-state index contributed by atoms with van der Waals surface area (Å²) in [7, 11) is 2.48. The average molecular weight is 326 g/mol. The Hall–Kier alpha value is -1.38. The zero-order valence-electron chi connectivity index (χ0n) is 10.6. The lowest BCUT2D eigenvalue weighted by molar-refractivity contribution is -0.123. The minimum Gasteiger partial charge on any atom is -0.482 e. The molecule has 0 unspecified atom stereocenters. The van der Waals surface area contributed by atoms with Gasteiger partial charge in [-0.2, -0.15) is 0 Å². The van der Waals surface area contributed by atoms with Crippen LogP contribution in [-0.4, -0.2) is 41.2 Å². The number of methoxy groups -OCH3 is 1. The third kappa shape index (κ3) is 5.32. The van der Waals surface area contributed by atoms with Crippen molar-refractivity contribution >= 4 is 25.6 Å². The normalized spacial score (nSPS) is 11.2. The first-order chi connectivity index (χ1) is 9.34. The van der Waals surface area contributed by atoms with Crippen molar-refractivity contribution in [2.45, 2.75) is 4.90 Å². The molecule has 1 aromatic carbocycles. The highest BCUT2D eigenvalue weighted by Crippen LogP contribution is 2.27. The van der Waals surface area contributed by atoms with Crippen molar-refractivity contribution in [1.82, 2.24) is 5.32 Å². The van der Waals surface area contributed by atoms with Gasteiger partial charge in [0.1, 0.15) is 16.5 Å². The number of hydrogen-bond donors (Lipinski definition) is 1. The average Bonchev–Trinajstić information content (AvgIpc) is 2.36. The highest BCUT2D eigenvalue weighted by Gasteiger charge is 2.18. The van der Waals surface area contributed by atoms with Crippen molar-refractivity contribution in [3.8, 4) is 5.75 Å². The zero-order valence-corrected chi connectivity index (χ0v) is 12.1. The maximum Gasteiger partial charge on any atom is 0.265 e. The maximum absolute atomic E-state index is 13.0. The molecule has 1 rings (SSSR count). The third-order valence-electron chi connectivity index (χ3n) is 2.16. The van der Waals surface area contributed by atoms with E-state index < -0.39 is 32.3 Å². The van der Waals surface area contributed by atoms with E-state index in [1.807, 2.05) is 0 Å². The number of ether oxygens (including phenoxy) is 2. The van der Waals surface area contributed by atoms with E-state index in [4.69, 9.17) is 20.2 Å². The number of hydrogen-bond acceptors (Lipinski definition) is 5. The molecule has 0 heterocycles. The van der Waals surface area contributed by atoms with Crippen LogP contribution >= 0.6 is 10.7 Å². The lowest BCUT2D eigenvalue weighted by Crippen LogP contribution is -2.31. The molecule has 0 spiro atoms. The highest BCUT2D eigenvalue weighted by atomic mass is 35.7. The molecular weight excluding hydrogens is 313 g/mol. The Morgan fingerprint density at radius 1 is 1.45 bits per heavy atom. The molecule has 0 aromatic heterocycles. The summed E-state index contributed by atoms with van der Waals surface area (Å²) < 4.78 is 45.3. The van der Waals surface area contributed by atoms with Crippen molar-refractivity contribution in [2.75, 3.05) is 26.9 Å². The van der Waals surface area contributed by atoms with Gasteiger partial charge in [0.25, 0.3) is 15.0 Å². The SMILES string of the molecule is COCCNC(=O)COc1ccc(F)cc1S(=O)(=O)Cl. The number of carbonyl (C=O) groups is 1. The fraction of sp³-hybridized carbons (Fsp3) is 0.364. The van der Waals surface area contributed by atoms with Gasteiger partial charge in [-0.1, -0.05) is 0 Å². The molecule has 0 saturated carbocycles. The van der Waals surface area contributed by atoms with Crippen molar-refractivity contribution in [1.29, 1.82) is 0 Å². The molecule has 20 heavy (non-hydrogen) atoms. The first-order valence-electron chi connectivity index (χ1n) is 5.47. The van der Waals surface area contributed by atoms with E-state index in [1.54, 1.807) is 0 Å². The van der Waals surface area contributed by atoms with Crippen LogP contribution in [0.3, 0.4) is 0 Å². The van der Waals surface area contributed by atoms with Crippen LogP contribution in [0.2, 0.25) is 0 Å². The molecule has 1 aromatic rings. The van der Waals surface area contributed by atoms with Gasteiger partial charge in [0.2, 0.25) is 0 Å². The quantitative estimate of drug-likeness (QED) is 0.595. The van der Waals surface area contributed by atoms with Gasteiger partial charge in [-0.3, -0.25) is 4.79 Å². The summed E-state index contributed by atoms with van der Waals surface area (Å²) >= 11 is 0. The number of nitrogens with one attached hydrogen (secondary N) is 1. The van der Waals surface area contributed by atoms with Gasteiger partial charge in [0.15, 0.2) is 6.61 Å². The van der Waals surface area contributed by atoms with Crippen LogP contribution in [0.25, 0.3) is 0 Å². The van der Waals surface area contributed by atoms with Gasteiger partial charge < -0.3 is 14.8 Å². The Morgan fingerprint density at radius 2 is 2.15 bits per heavy atom. The summed E-state index contributed by atoms with van der Waals surface area (Å²) in [5.74, 6) is -1.44. The summed E-state index contributed by atoms with van der Waals surface area (Å²) in [6.45, 7) is 0.209. The van der Waals surface area contributed by atoms with E-state index in [1.165, 1.54) is 7.11 Å². The Balaban J connectivity index is 2.71. The molecule has 0 saturated heterocycles. The number of rotatable bonds is 7. The van der Waals surface area contributed by atoms with Crippen LogP contribution in [0.15, 0.2) is 23.1 Å². The van der Waals surface area contributed by atoms with Crippen molar-refractivity contribution in [2.24, 2.45) is 0 Å². The molecule has 0 aliphatic heterocycles. The van der Waals surface area contributed by atoms with Crippen LogP contribution in [-0.2, 0) is 18.6 Å². The largest absolute Gasteiger partial charge is 0.482 e. The molecule has 0 aliphatic carbocycles. The Labute approximate surface area is 120 Å². The van der Waals surface area contributed by atoms with Gasteiger partial charge in [0, 0.05) is 24.3 Å². The maximum atomic E-state index is 13.0. The summed E-state index contributed by atoms with van der Waals surface area (Å²) in [6.07, 6.45) is 0.